The van der Waals surface area contributed by atoms with Gasteiger partial charge in [-0.05, 0) is 23.6 Å². The van der Waals surface area contributed by atoms with Crippen LogP contribution in [0.2, 0.25) is 5.02 Å². The summed E-state index contributed by atoms with van der Waals surface area (Å²) >= 11 is 7.63. The lowest BCUT2D eigenvalue weighted by Crippen LogP contribution is -2.43. The van der Waals surface area contributed by atoms with Crippen molar-refractivity contribution in [1.82, 2.24) is 15.1 Å². The monoisotopic (exact) mass is 490 g/mol. The highest BCUT2D eigenvalue weighted by molar-refractivity contribution is 7.18. The molecule has 3 aromatic carbocycles. The molecular formula is C27H27ClN4OS. The van der Waals surface area contributed by atoms with Gasteiger partial charge in [-0.1, -0.05) is 115 Å². The lowest BCUT2D eigenvalue weighted by molar-refractivity contribution is -0.122. The third kappa shape index (κ3) is 6.29. The number of halogens is 1. The molecule has 0 saturated heterocycles. The summed E-state index contributed by atoms with van der Waals surface area (Å²) in [4.78, 5) is 15.7. The molecule has 1 amide bonds. The van der Waals surface area contributed by atoms with E-state index in [2.05, 4.69) is 51.6 Å². The molecule has 0 aliphatic rings. The van der Waals surface area contributed by atoms with Crippen LogP contribution in [0.3, 0.4) is 0 Å². The van der Waals surface area contributed by atoms with Crippen molar-refractivity contribution in [2.24, 2.45) is 0 Å². The normalized spacial score (nSPS) is 12.0. The van der Waals surface area contributed by atoms with Gasteiger partial charge in [0.25, 0.3) is 0 Å². The molecule has 0 bridgehead atoms. The molecule has 1 aromatic heterocycles. The van der Waals surface area contributed by atoms with Gasteiger partial charge in [-0.15, -0.1) is 10.2 Å². The quantitative estimate of drug-likeness (QED) is 0.270. The zero-order valence-corrected chi connectivity index (χ0v) is 20.6. The van der Waals surface area contributed by atoms with Gasteiger partial charge in [-0.3, -0.25) is 15.0 Å². The van der Waals surface area contributed by atoms with E-state index in [1.807, 2.05) is 60.7 Å². The molecule has 0 aliphatic heterocycles. The first-order valence-corrected chi connectivity index (χ1v) is 12.5. The summed E-state index contributed by atoms with van der Waals surface area (Å²) in [5.74, 6) is -0.0735. The number of anilines is 1. The van der Waals surface area contributed by atoms with E-state index in [0.717, 1.165) is 18.4 Å². The van der Waals surface area contributed by atoms with Crippen molar-refractivity contribution >= 4 is 34.0 Å². The van der Waals surface area contributed by atoms with E-state index in [1.165, 1.54) is 22.5 Å². The summed E-state index contributed by atoms with van der Waals surface area (Å²) in [5.41, 5.74) is 3.15. The van der Waals surface area contributed by atoms with Crippen molar-refractivity contribution in [3.63, 3.8) is 0 Å². The van der Waals surface area contributed by atoms with Crippen LogP contribution in [0.1, 0.15) is 30.9 Å². The second-order valence-electron chi connectivity index (χ2n) is 8.06. The molecule has 7 heteroatoms. The van der Waals surface area contributed by atoms with Crippen LogP contribution in [0, 0.1) is 0 Å². The van der Waals surface area contributed by atoms with Crippen LogP contribution in [-0.4, -0.2) is 27.0 Å². The molecule has 1 atom stereocenters. The van der Waals surface area contributed by atoms with E-state index >= 15 is 0 Å². The fraction of sp³-hybridized carbons (Fsp3) is 0.222. The first-order chi connectivity index (χ1) is 16.6. The van der Waals surface area contributed by atoms with Gasteiger partial charge in [0.05, 0.1) is 11.1 Å². The highest BCUT2D eigenvalue weighted by Crippen LogP contribution is 2.32. The zero-order chi connectivity index (χ0) is 23.8. The molecule has 1 heterocycles. The number of carbonyl (C=O) groups is 1. The number of aromatic nitrogens is 2. The van der Waals surface area contributed by atoms with Crippen LogP contribution in [0.25, 0.3) is 10.6 Å². The average Bonchev–Trinajstić information content (AvgIpc) is 3.32. The topological polar surface area (TPSA) is 58.1 Å². The van der Waals surface area contributed by atoms with Crippen molar-refractivity contribution in [3.8, 4) is 10.6 Å². The number of amides is 1. The van der Waals surface area contributed by atoms with Crippen molar-refractivity contribution in [3.05, 3.63) is 101 Å². The van der Waals surface area contributed by atoms with Gasteiger partial charge in [0.15, 0.2) is 5.01 Å². The summed E-state index contributed by atoms with van der Waals surface area (Å²) in [5, 5.41) is 13.2. The van der Waals surface area contributed by atoms with Crippen molar-refractivity contribution < 1.29 is 4.79 Å². The molecule has 0 radical (unpaired) electrons. The predicted molar refractivity (Wildman–Crippen MR) is 140 cm³/mol. The minimum absolute atomic E-state index is 0.0735. The van der Waals surface area contributed by atoms with E-state index in [9.17, 15) is 4.79 Å². The SMILES string of the molecule is CCCC(C(=O)Nc1nnc(-c2ccccc2Cl)s1)N(Cc1ccccc1)Cc1ccccc1. The van der Waals surface area contributed by atoms with E-state index in [1.54, 1.807) is 0 Å². The molecule has 0 fully saturated rings. The molecule has 0 spiro atoms. The van der Waals surface area contributed by atoms with Gasteiger partial charge in [-0.25, -0.2) is 0 Å². The van der Waals surface area contributed by atoms with Crippen LogP contribution in [0.4, 0.5) is 5.13 Å². The number of rotatable bonds is 10. The Hall–Kier alpha value is -3.06. The Kier molecular flexibility index (Phi) is 8.41. The summed E-state index contributed by atoms with van der Waals surface area (Å²) in [7, 11) is 0. The first-order valence-electron chi connectivity index (χ1n) is 11.3. The molecule has 4 rings (SSSR count). The fourth-order valence-corrected chi connectivity index (χ4v) is 4.94. The lowest BCUT2D eigenvalue weighted by Gasteiger charge is -2.30. The van der Waals surface area contributed by atoms with Gasteiger partial charge in [0.2, 0.25) is 11.0 Å². The Bertz CT molecular complexity index is 1160. The summed E-state index contributed by atoms with van der Waals surface area (Å²) in [6, 6.07) is 27.7. The third-order valence-corrected chi connectivity index (χ3v) is 6.72. The van der Waals surface area contributed by atoms with Crippen LogP contribution >= 0.6 is 22.9 Å². The van der Waals surface area contributed by atoms with Crippen LogP contribution in [0.15, 0.2) is 84.9 Å². The van der Waals surface area contributed by atoms with Crippen molar-refractivity contribution in [2.75, 3.05) is 5.32 Å². The lowest BCUT2D eigenvalue weighted by atomic mass is 10.1. The highest BCUT2D eigenvalue weighted by atomic mass is 35.5. The minimum Gasteiger partial charge on any atom is -0.299 e. The second kappa shape index (κ2) is 11.9. The maximum atomic E-state index is 13.5. The number of hydrogen-bond acceptors (Lipinski definition) is 5. The highest BCUT2D eigenvalue weighted by Gasteiger charge is 2.27. The van der Waals surface area contributed by atoms with E-state index in [0.29, 0.717) is 28.3 Å². The smallest absolute Gasteiger partial charge is 0.243 e. The zero-order valence-electron chi connectivity index (χ0n) is 19.0. The Balaban J connectivity index is 1.55. The van der Waals surface area contributed by atoms with E-state index in [4.69, 9.17) is 11.6 Å². The molecule has 5 nitrogen and oxygen atoms in total. The van der Waals surface area contributed by atoms with E-state index < -0.39 is 0 Å². The Labute approximate surface area is 209 Å². The van der Waals surface area contributed by atoms with E-state index in [-0.39, 0.29) is 11.9 Å². The number of nitrogens with one attached hydrogen (secondary N) is 1. The summed E-state index contributed by atoms with van der Waals surface area (Å²) < 4.78 is 0. The largest absolute Gasteiger partial charge is 0.299 e. The average molecular weight is 491 g/mol. The Morgan fingerprint density at radius 3 is 2.09 bits per heavy atom. The molecule has 1 N–H and O–H groups in total. The van der Waals surface area contributed by atoms with Crippen LogP contribution in [0.5, 0.6) is 0 Å². The maximum Gasteiger partial charge on any atom is 0.243 e. The third-order valence-electron chi connectivity index (χ3n) is 5.52. The number of hydrogen-bond donors (Lipinski definition) is 1. The molecular weight excluding hydrogens is 464 g/mol. The Morgan fingerprint density at radius 1 is 0.912 bits per heavy atom. The van der Waals surface area contributed by atoms with Crippen molar-refractivity contribution in [1.29, 1.82) is 0 Å². The van der Waals surface area contributed by atoms with Gasteiger partial charge < -0.3 is 0 Å². The van der Waals surface area contributed by atoms with Gasteiger partial charge >= 0.3 is 0 Å². The molecule has 1 unspecified atom stereocenters. The predicted octanol–water partition coefficient (Wildman–Crippen LogP) is 6.67. The summed E-state index contributed by atoms with van der Waals surface area (Å²) in [6.07, 6.45) is 1.63. The van der Waals surface area contributed by atoms with Crippen LogP contribution < -0.4 is 5.32 Å². The standard InChI is InChI=1S/C27H27ClN4OS/c1-2-11-24(25(33)29-27-31-30-26(34-27)22-16-9-10-17-23(22)28)32(18-20-12-5-3-6-13-20)19-21-14-7-4-8-15-21/h3-10,12-17,24H,2,11,18-19H2,1H3,(H,29,31,33). The van der Waals surface area contributed by atoms with Gasteiger partial charge in [-0.2, -0.15) is 0 Å². The first kappa shape index (κ1) is 24.1. The molecule has 4 aromatic rings. The molecule has 174 valence electrons. The molecule has 0 saturated carbocycles. The number of benzene rings is 3. The minimum atomic E-state index is -0.307. The van der Waals surface area contributed by atoms with Crippen molar-refractivity contribution in [2.45, 2.75) is 38.9 Å². The summed E-state index contributed by atoms with van der Waals surface area (Å²) in [6.45, 7) is 3.45. The second-order valence-corrected chi connectivity index (χ2v) is 9.45. The maximum absolute atomic E-state index is 13.5. The van der Waals surface area contributed by atoms with Gasteiger partial charge in [0, 0.05) is 18.7 Å². The number of carbonyl (C=O) groups excluding carboxylic acids is 1. The number of nitrogens with zero attached hydrogens (tertiary/aromatic N) is 3. The van der Waals surface area contributed by atoms with Crippen LogP contribution in [-0.2, 0) is 17.9 Å². The van der Waals surface area contributed by atoms with Gasteiger partial charge in [0.1, 0.15) is 0 Å². The fourth-order valence-electron chi connectivity index (χ4n) is 3.87. The Morgan fingerprint density at radius 2 is 1.50 bits per heavy atom. The molecule has 34 heavy (non-hydrogen) atoms. The molecule has 0 aliphatic carbocycles.